The topological polar surface area (TPSA) is 41.6 Å². The lowest BCUT2D eigenvalue weighted by Gasteiger charge is -2.34. The Kier molecular flexibility index (Phi) is 4.95. The highest BCUT2D eigenvalue weighted by atomic mass is 19.1. The summed E-state index contributed by atoms with van der Waals surface area (Å²) in [6, 6.07) is 6.45. The molecule has 0 aliphatic carbocycles. The molecule has 0 saturated carbocycles. The average Bonchev–Trinajstić information content (AvgIpc) is 2.46. The number of halogens is 1. The molecule has 1 amide bonds. The third-order valence-electron chi connectivity index (χ3n) is 3.43. The summed E-state index contributed by atoms with van der Waals surface area (Å²) in [6.07, 6.45) is -0.108. The number of amides is 1. The van der Waals surface area contributed by atoms with Gasteiger partial charge in [-0.3, -0.25) is 4.79 Å². The van der Waals surface area contributed by atoms with E-state index in [0.29, 0.717) is 19.5 Å². The van der Waals surface area contributed by atoms with Crippen molar-refractivity contribution in [2.45, 2.75) is 32.4 Å². The fourth-order valence-electron chi connectivity index (χ4n) is 2.34. The molecular weight excluding hydrogens is 259 g/mol. The van der Waals surface area contributed by atoms with Gasteiger partial charge < -0.3 is 15.0 Å². The van der Waals surface area contributed by atoms with Crippen molar-refractivity contribution in [3.8, 4) is 5.75 Å². The second kappa shape index (κ2) is 6.70. The zero-order valence-electron chi connectivity index (χ0n) is 11.9. The quantitative estimate of drug-likeness (QED) is 0.914. The van der Waals surface area contributed by atoms with Gasteiger partial charge in [-0.05, 0) is 25.5 Å². The number of piperazine rings is 1. The van der Waals surface area contributed by atoms with E-state index in [1.807, 2.05) is 13.8 Å². The first-order valence-electron chi connectivity index (χ1n) is 7.05. The Morgan fingerprint density at radius 1 is 1.55 bits per heavy atom. The van der Waals surface area contributed by atoms with Crippen LogP contribution < -0.4 is 10.1 Å². The minimum absolute atomic E-state index is 0.0656. The Morgan fingerprint density at radius 3 is 2.95 bits per heavy atom. The molecule has 1 aliphatic rings. The lowest BCUT2D eigenvalue weighted by atomic mass is 10.2. The monoisotopic (exact) mass is 280 g/mol. The van der Waals surface area contributed by atoms with Crippen LogP contribution >= 0.6 is 0 Å². The van der Waals surface area contributed by atoms with E-state index in [-0.39, 0.29) is 17.7 Å². The second-order valence-electron chi connectivity index (χ2n) is 5.08. The van der Waals surface area contributed by atoms with Crippen LogP contribution in [0.4, 0.5) is 4.39 Å². The number of para-hydroxylation sites is 1. The zero-order chi connectivity index (χ0) is 14.5. The van der Waals surface area contributed by atoms with Crippen LogP contribution in [0, 0.1) is 5.82 Å². The SMILES string of the molecule is CCC(Oc1ccccc1F)C(=O)N1CCNC(C)C1. The Balaban J connectivity index is 2.04. The number of ether oxygens (including phenoxy) is 1. The highest BCUT2D eigenvalue weighted by Crippen LogP contribution is 2.19. The summed E-state index contributed by atoms with van der Waals surface area (Å²) in [5, 5.41) is 3.29. The van der Waals surface area contributed by atoms with E-state index >= 15 is 0 Å². The summed E-state index contributed by atoms with van der Waals surface area (Å²) in [7, 11) is 0. The lowest BCUT2D eigenvalue weighted by molar-refractivity contribution is -0.140. The molecule has 0 aromatic heterocycles. The van der Waals surface area contributed by atoms with Gasteiger partial charge in [-0.25, -0.2) is 4.39 Å². The van der Waals surface area contributed by atoms with Crippen molar-refractivity contribution in [1.82, 2.24) is 10.2 Å². The third-order valence-corrected chi connectivity index (χ3v) is 3.43. The molecule has 1 heterocycles. The van der Waals surface area contributed by atoms with Crippen molar-refractivity contribution in [1.29, 1.82) is 0 Å². The Labute approximate surface area is 118 Å². The summed E-state index contributed by atoms with van der Waals surface area (Å²) >= 11 is 0. The molecule has 1 N–H and O–H groups in total. The summed E-state index contributed by atoms with van der Waals surface area (Å²) in [4.78, 5) is 14.2. The minimum Gasteiger partial charge on any atom is -0.478 e. The van der Waals surface area contributed by atoms with Crippen molar-refractivity contribution < 1.29 is 13.9 Å². The molecule has 2 unspecified atom stereocenters. The summed E-state index contributed by atoms with van der Waals surface area (Å²) < 4.78 is 19.2. The molecule has 1 aliphatic heterocycles. The highest BCUT2D eigenvalue weighted by Gasteiger charge is 2.28. The molecule has 0 spiro atoms. The van der Waals surface area contributed by atoms with Crippen LogP contribution in [0.1, 0.15) is 20.3 Å². The van der Waals surface area contributed by atoms with E-state index in [1.165, 1.54) is 6.07 Å². The predicted molar refractivity (Wildman–Crippen MR) is 75.2 cm³/mol. The number of hydrogen-bond acceptors (Lipinski definition) is 3. The van der Waals surface area contributed by atoms with E-state index in [2.05, 4.69) is 5.32 Å². The molecule has 1 saturated heterocycles. The molecular formula is C15H21FN2O2. The Hall–Kier alpha value is -1.62. The van der Waals surface area contributed by atoms with Gasteiger partial charge in [0.05, 0.1) is 0 Å². The number of carbonyl (C=O) groups is 1. The number of nitrogens with zero attached hydrogens (tertiary/aromatic N) is 1. The van der Waals surface area contributed by atoms with E-state index in [0.717, 1.165) is 6.54 Å². The molecule has 4 nitrogen and oxygen atoms in total. The number of benzene rings is 1. The van der Waals surface area contributed by atoms with Crippen LogP contribution in [0.2, 0.25) is 0 Å². The van der Waals surface area contributed by atoms with E-state index in [4.69, 9.17) is 4.74 Å². The first-order chi connectivity index (χ1) is 9.61. The molecule has 5 heteroatoms. The van der Waals surface area contributed by atoms with Crippen LogP contribution in [-0.4, -0.2) is 42.6 Å². The van der Waals surface area contributed by atoms with Crippen molar-refractivity contribution in [2.75, 3.05) is 19.6 Å². The normalized spacial score (nSPS) is 20.6. The lowest BCUT2D eigenvalue weighted by Crippen LogP contribution is -2.54. The standard InChI is InChI=1S/C15H21FN2O2/c1-3-13(20-14-7-5-4-6-12(14)16)15(19)18-9-8-17-11(2)10-18/h4-7,11,13,17H,3,8-10H2,1-2H3. The van der Waals surface area contributed by atoms with Gasteiger partial charge in [0, 0.05) is 25.7 Å². The number of carbonyl (C=O) groups excluding carboxylic acids is 1. The molecule has 1 aromatic carbocycles. The average molecular weight is 280 g/mol. The number of nitrogens with one attached hydrogen (secondary N) is 1. The summed E-state index contributed by atoms with van der Waals surface area (Å²) in [5.74, 6) is -0.368. The largest absolute Gasteiger partial charge is 0.478 e. The van der Waals surface area contributed by atoms with Gasteiger partial charge in [-0.15, -0.1) is 0 Å². The number of hydrogen-bond donors (Lipinski definition) is 1. The van der Waals surface area contributed by atoms with E-state index < -0.39 is 11.9 Å². The first-order valence-corrected chi connectivity index (χ1v) is 7.05. The van der Waals surface area contributed by atoms with Gasteiger partial charge in [-0.2, -0.15) is 0 Å². The van der Waals surface area contributed by atoms with E-state index in [1.54, 1.807) is 23.1 Å². The molecule has 0 radical (unpaired) electrons. The fourth-order valence-corrected chi connectivity index (χ4v) is 2.34. The van der Waals surface area contributed by atoms with Gasteiger partial charge in [0.2, 0.25) is 0 Å². The highest BCUT2D eigenvalue weighted by molar-refractivity contribution is 5.81. The summed E-state index contributed by atoms with van der Waals surface area (Å²) in [6.45, 7) is 6.02. The van der Waals surface area contributed by atoms with Gasteiger partial charge >= 0.3 is 0 Å². The van der Waals surface area contributed by atoms with Gasteiger partial charge in [0.1, 0.15) is 0 Å². The van der Waals surface area contributed by atoms with Gasteiger partial charge in [0.15, 0.2) is 17.7 Å². The summed E-state index contributed by atoms with van der Waals surface area (Å²) in [5.41, 5.74) is 0. The predicted octanol–water partition coefficient (Wildman–Crippen LogP) is 1.80. The molecule has 1 aromatic rings. The molecule has 2 atom stereocenters. The van der Waals surface area contributed by atoms with Crippen molar-refractivity contribution >= 4 is 5.91 Å². The van der Waals surface area contributed by atoms with Crippen molar-refractivity contribution in [2.24, 2.45) is 0 Å². The molecule has 2 rings (SSSR count). The fraction of sp³-hybridized carbons (Fsp3) is 0.533. The van der Waals surface area contributed by atoms with Crippen molar-refractivity contribution in [3.63, 3.8) is 0 Å². The first kappa shape index (κ1) is 14.8. The van der Waals surface area contributed by atoms with Crippen LogP contribution in [0.15, 0.2) is 24.3 Å². The van der Waals surface area contributed by atoms with Crippen LogP contribution in [0.5, 0.6) is 5.75 Å². The van der Waals surface area contributed by atoms with Crippen LogP contribution in [0.3, 0.4) is 0 Å². The minimum atomic E-state index is -0.628. The van der Waals surface area contributed by atoms with E-state index in [9.17, 15) is 9.18 Å². The second-order valence-corrected chi connectivity index (χ2v) is 5.08. The number of rotatable bonds is 4. The maximum atomic E-state index is 13.6. The zero-order valence-corrected chi connectivity index (χ0v) is 11.9. The Morgan fingerprint density at radius 2 is 2.30 bits per heavy atom. The molecule has 110 valence electrons. The van der Waals surface area contributed by atoms with Crippen molar-refractivity contribution in [3.05, 3.63) is 30.1 Å². The van der Waals surface area contributed by atoms with Gasteiger partial charge in [0.25, 0.3) is 5.91 Å². The molecule has 1 fully saturated rings. The third kappa shape index (κ3) is 3.48. The van der Waals surface area contributed by atoms with Crippen LogP contribution in [0.25, 0.3) is 0 Å². The molecule has 0 bridgehead atoms. The van der Waals surface area contributed by atoms with Gasteiger partial charge in [-0.1, -0.05) is 19.1 Å². The Bertz CT molecular complexity index is 467. The van der Waals surface area contributed by atoms with Crippen LogP contribution in [-0.2, 0) is 4.79 Å². The smallest absolute Gasteiger partial charge is 0.263 e. The molecule has 20 heavy (non-hydrogen) atoms. The maximum absolute atomic E-state index is 13.6. The maximum Gasteiger partial charge on any atom is 0.263 e.